The summed E-state index contributed by atoms with van der Waals surface area (Å²) in [6, 6.07) is 5.66. The summed E-state index contributed by atoms with van der Waals surface area (Å²) in [6.07, 6.45) is 0. The number of ketones is 1. The van der Waals surface area contributed by atoms with Crippen LogP contribution in [0.25, 0.3) is 0 Å². The Hall–Kier alpha value is -1.68. The molecule has 0 heterocycles. The fourth-order valence-electron chi connectivity index (χ4n) is 1.24. The van der Waals surface area contributed by atoms with E-state index in [-0.39, 0.29) is 6.61 Å². The van der Waals surface area contributed by atoms with Gasteiger partial charge >= 0.3 is 5.97 Å². The molecule has 0 radical (unpaired) electrons. The molecule has 0 bridgehead atoms. The Labute approximate surface area is 94.4 Å². The molecule has 0 aliphatic carbocycles. The number of rotatable bonds is 4. The summed E-state index contributed by atoms with van der Waals surface area (Å²) in [6.45, 7) is 3.80. The van der Waals surface area contributed by atoms with Gasteiger partial charge < -0.3 is 10.5 Å². The van der Waals surface area contributed by atoms with E-state index in [0.717, 1.165) is 5.56 Å². The van der Waals surface area contributed by atoms with Gasteiger partial charge in [0.1, 0.15) is 0 Å². The van der Waals surface area contributed by atoms with Gasteiger partial charge in [-0.15, -0.1) is 0 Å². The fourth-order valence-corrected chi connectivity index (χ4v) is 1.24. The maximum absolute atomic E-state index is 11.7. The summed E-state index contributed by atoms with van der Waals surface area (Å²) in [5.41, 5.74) is 6.96. The largest absolute Gasteiger partial charge is 0.464 e. The van der Waals surface area contributed by atoms with E-state index in [4.69, 9.17) is 5.73 Å². The van der Waals surface area contributed by atoms with Crippen LogP contribution in [-0.2, 0) is 9.53 Å². The van der Waals surface area contributed by atoms with E-state index >= 15 is 0 Å². The second-order valence-electron chi connectivity index (χ2n) is 3.46. The van der Waals surface area contributed by atoms with Crippen LogP contribution in [0.15, 0.2) is 24.3 Å². The molecule has 0 aromatic heterocycles. The molecule has 86 valence electrons. The Morgan fingerprint density at radius 1 is 1.31 bits per heavy atom. The summed E-state index contributed by atoms with van der Waals surface area (Å²) >= 11 is 0. The zero-order valence-corrected chi connectivity index (χ0v) is 9.40. The normalized spacial score (nSPS) is 11.9. The number of carbonyl (C=O) groups is 2. The number of nitrogens with two attached hydrogens (primary N) is 1. The van der Waals surface area contributed by atoms with Crippen LogP contribution in [0.5, 0.6) is 0 Å². The van der Waals surface area contributed by atoms with Crippen LogP contribution in [0, 0.1) is 6.92 Å². The van der Waals surface area contributed by atoms with Crippen LogP contribution in [-0.4, -0.2) is 24.4 Å². The first-order valence-corrected chi connectivity index (χ1v) is 5.09. The first kappa shape index (κ1) is 12.4. The van der Waals surface area contributed by atoms with Crippen LogP contribution in [0.2, 0.25) is 0 Å². The molecule has 1 aromatic rings. The minimum atomic E-state index is -1.23. The van der Waals surface area contributed by atoms with Crippen molar-refractivity contribution in [2.45, 2.75) is 19.9 Å². The zero-order valence-electron chi connectivity index (χ0n) is 9.40. The Morgan fingerprint density at radius 3 is 2.38 bits per heavy atom. The molecule has 0 amide bonds. The van der Waals surface area contributed by atoms with Gasteiger partial charge in [-0.25, -0.2) is 4.79 Å². The van der Waals surface area contributed by atoms with Gasteiger partial charge in [-0.3, -0.25) is 4.79 Å². The van der Waals surface area contributed by atoms with Crippen molar-refractivity contribution in [3.8, 4) is 0 Å². The van der Waals surface area contributed by atoms with Crippen LogP contribution in [0.3, 0.4) is 0 Å². The Balaban J connectivity index is 2.78. The molecule has 1 rings (SSSR count). The van der Waals surface area contributed by atoms with Crippen molar-refractivity contribution in [2.75, 3.05) is 6.61 Å². The van der Waals surface area contributed by atoms with Crippen molar-refractivity contribution in [3.05, 3.63) is 35.4 Å². The molecular formula is C12H15NO3. The first-order chi connectivity index (χ1) is 7.56. The Kier molecular flexibility index (Phi) is 4.19. The third kappa shape index (κ3) is 2.90. The van der Waals surface area contributed by atoms with Crippen molar-refractivity contribution >= 4 is 11.8 Å². The zero-order chi connectivity index (χ0) is 12.1. The molecule has 1 aromatic carbocycles. The SMILES string of the molecule is CCOC(=O)C(N)C(=O)c1ccc(C)cc1. The molecule has 0 aliphatic heterocycles. The second-order valence-corrected chi connectivity index (χ2v) is 3.46. The maximum Gasteiger partial charge on any atom is 0.331 e. The number of aryl methyl sites for hydroxylation is 1. The van der Waals surface area contributed by atoms with E-state index in [9.17, 15) is 9.59 Å². The quantitative estimate of drug-likeness (QED) is 0.469. The van der Waals surface area contributed by atoms with Gasteiger partial charge in [0.15, 0.2) is 11.8 Å². The minimum absolute atomic E-state index is 0.216. The molecule has 4 heteroatoms. The molecule has 0 spiro atoms. The highest BCUT2D eigenvalue weighted by molar-refractivity contribution is 6.11. The summed E-state index contributed by atoms with van der Waals surface area (Å²) < 4.78 is 4.69. The molecule has 1 unspecified atom stereocenters. The number of hydrogen-bond donors (Lipinski definition) is 1. The lowest BCUT2D eigenvalue weighted by molar-refractivity contribution is -0.143. The molecule has 0 fully saturated rings. The predicted octanol–water partition coefficient (Wildman–Crippen LogP) is 1.07. The second kappa shape index (κ2) is 5.42. The highest BCUT2D eigenvalue weighted by Gasteiger charge is 2.24. The lowest BCUT2D eigenvalue weighted by atomic mass is 10.0. The Morgan fingerprint density at radius 2 is 1.88 bits per heavy atom. The van der Waals surface area contributed by atoms with E-state index in [1.807, 2.05) is 6.92 Å². The van der Waals surface area contributed by atoms with Gasteiger partial charge in [0, 0.05) is 5.56 Å². The average molecular weight is 221 g/mol. The molecule has 1 atom stereocenters. The lowest BCUT2D eigenvalue weighted by Crippen LogP contribution is -2.40. The first-order valence-electron chi connectivity index (χ1n) is 5.09. The minimum Gasteiger partial charge on any atom is -0.464 e. The molecule has 0 saturated carbocycles. The van der Waals surface area contributed by atoms with Crippen molar-refractivity contribution in [3.63, 3.8) is 0 Å². The highest BCUT2D eigenvalue weighted by Crippen LogP contribution is 2.06. The number of ether oxygens (including phenoxy) is 1. The van der Waals surface area contributed by atoms with Gasteiger partial charge in [0.05, 0.1) is 6.61 Å². The summed E-state index contributed by atoms with van der Waals surface area (Å²) in [4.78, 5) is 23.0. The van der Waals surface area contributed by atoms with Gasteiger partial charge in [-0.1, -0.05) is 29.8 Å². The van der Waals surface area contributed by atoms with E-state index in [2.05, 4.69) is 4.74 Å². The molecule has 2 N–H and O–H groups in total. The standard InChI is InChI=1S/C12H15NO3/c1-3-16-12(15)10(13)11(14)9-6-4-8(2)5-7-9/h4-7,10H,3,13H2,1-2H3. The average Bonchev–Trinajstić information content (AvgIpc) is 2.28. The van der Waals surface area contributed by atoms with Crippen LogP contribution < -0.4 is 5.73 Å². The summed E-state index contributed by atoms with van der Waals surface area (Å²) in [5.74, 6) is -1.11. The summed E-state index contributed by atoms with van der Waals surface area (Å²) in [7, 11) is 0. The maximum atomic E-state index is 11.7. The van der Waals surface area contributed by atoms with Crippen molar-refractivity contribution in [2.24, 2.45) is 5.73 Å². The third-order valence-electron chi connectivity index (χ3n) is 2.16. The van der Waals surface area contributed by atoms with E-state index in [1.165, 1.54) is 0 Å². The van der Waals surface area contributed by atoms with Crippen LogP contribution in [0.1, 0.15) is 22.8 Å². The van der Waals surface area contributed by atoms with Crippen LogP contribution in [0.4, 0.5) is 0 Å². The van der Waals surface area contributed by atoms with Gasteiger partial charge in [0.2, 0.25) is 0 Å². The molecule has 4 nitrogen and oxygen atoms in total. The van der Waals surface area contributed by atoms with E-state index in [0.29, 0.717) is 5.56 Å². The van der Waals surface area contributed by atoms with E-state index in [1.54, 1.807) is 31.2 Å². The van der Waals surface area contributed by atoms with E-state index < -0.39 is 17.8 Å². The number of hydrogen-bond acceptors (Lipinski definition) is 4. The molecular weight excluding hydrogens is 206 g/mol. The van der Waals surface area contributed by atoms with Crippen molar-refractivity contribution in [1.29, 1.82) is 0 Å². The van der Waals surface area contributed by atoms with Crippen molar-refractivity contribution in [1.82, 2.24) is 0 Å². The Bertz CT molecular complexity index is 384. The molecule has 16 heavy (non-hydrogen) atoms. The molecule has 0 aliphatic rings. The monoisotopic (exact) mass is 221 g/mol. The number of benzene rings is 1. The number of carbonyl (C=O) groups excluding carboxylic acids is 2. The fraction of sp³-hybridized carbons (Fsp3) is 0.333. The smallest absolute Gasteiger partial charge is 0.331 e. The third-order valence-corrected chi connectivity index (χ3v) is 2.16. The lowest BCUT2D eigenvalue weighted by Gasteiger charge is -2.09. The highest BCUT2D eigenvalue weighted by atomic mass is 16.5. The number of esters is 1. The van der Waals surface area contributed by atoms with Gasteiger partial charge in [-0.2, -0.15) is 0 Å². The van der Waals surface area contributed by atoms with Gasteiger partial charge in [0.25, 0.3) is 0 Å². The van der Waals surface area contributed by atoms with Crippen LogP contribution >= 0.6 is 0 Å². The predicted molar refractivity (Wildman–Crippen MR) is 60.1 cm³/mol. The molecule has 0 saturated heterocycles. The topological polar surface area (TPSA) is 69.4 Å². The number of Topliss-reactive ketones (excluding diaryl/α,β-unsaturated/α-hetero) is 1. The van der Waals surface area contributed by atoms with Crippen molar-refractivity contribution < 1.29 is 14.3 Å². The van der Waals surface area contributed by atoms with Gasteiger partial charge in [-0.05, 0) is 13.8 Å². The summed E-state index contributed by atoms with van der Waals surface area (Å²) in [5, 5.41) is 0.